The topological polar surface area (TPSA) is 44.5 Å². The van der Waals surface area contributed by atoms with Crippen molar-refractivity contribution in [2.75, 3.05) is 7.11 Å². The summed E-state index contributed by atoms with van der Waals surface area (Å²) in [6.45, 7) is 6.01. The normalized spacial score (nSPS) is 13.8. The van der Waals surface area contributed by atoms with Crippen molar-refractivity contribution < 1.29 is 9.47 Å². The summed E-state index contributed by atoms with van der Waals surface area (Å²) in [6.07, 6.45) is 0.104. The molecule has 2 aromatic carbocycles. The summed E-state index contributed by atoms with van der Waals surface area (Å²) in [6, 6.07) is 15.7. The van der Waals surface area contributed by atoms with Crippen LogP contribution >= 0.6 is 0 Å². The SMILES string of the molecule is COc1cccc(C(C)(N)c2ccccc2OC(C)C)c1. The van der Waals surface area contributed by atoms with Gasteiger partial charge in [-0.05, 0) is 44.5 Å². The maximum absolute atomic E-state index is 6.62. The van der Waals surface area contributed by atoms with Crippen molar-refractivity contribution in [3.8, 4) is 11.5 Å². The maximum Gasteiger partial charge on any atom is 0.125 e. The van der Waals surface area contributed by atoms with Crippen molar-refractivity contribution in [1.82, 2.24) is 0 Å². The quantitative estimate of drug-likeness (QED) is 0.911. The van der Waals surface area contributed by atoms with Crippen molar-refractivity contribution in [1.29, 1.82) is 0 Å². The Balaban J connectivity index is 2.47. The zero-order valence-corrected chi connectivity index (χ0v) is 13.1. The van der Waals surface area contributed by atoms with Crippen LogP contribution in [0.25, 0.3) is 0 Å². The van der Waals surface area contributed by atoms with E-state index in [1.54, 1.807) is 7.11 Å². The molecular weight excluding hydrogens is 262 g/mol. The lowest BCUT2D eigenvalue weighted by atomic mass is 9.85. The van der Waals surface area contributed by atoms with Gasteiger partial charge in [-0.3, -0.25) is 0 Å². The van der Waals surface area contributed by atoms with Crippen LogP contribution in [-0.2, 0) is 5.54 Å². The van der Waals surface area contributed by atoms with Gasteiger partial charge in [0.25, 0.3) is 0 Å². The molecule has 2 aromatic rings. The van der Waals surface area contributed by atoms with Crippen molar-refractivity contribution in [2.45, 2.75) is 32.4 Å². The molecule has 1 atom stereocenters. The minimum atomic E-state index is -0.653. The molecule has 0 bridgehead atoms. The molecule has 2 N–H and O–H groups in total. The van der Waals surface area contributed by atoms with Gasteiger partial charge in [-0.15, -0.1) is 0 Å². The Morgan fingerprint density at radius 1 is 1.05 bits per heavy atom. The minimum Gasteiger partial charge on any atom is -0.497 e. The van der Waals surface area contributed by atoms with Gasteiger partial charge in [0.2, 0.25) is 0 Å². The minimum absolute atomic E-state index is 0.104. The number of nitrogens with two attached hydrogens (primary N) is 1. The first-order chi connectivity index (χ1) is 9.95. The van der Waals surface area contributed by atoms with Gasteiger partial charge in [0.15, 0.2) is 0 Å². The van der Waals surface area contributed by atoms with Gasteiger partial charge in [-0.2, -0.15) is 0 Å². The van der Waals surface area contributed by atoms with Crippen molar-refractivity contribution in [3.63, 3.8) is 0 Å². The summed E-state index contributed by atoms with van der Waals surface area (Å²) < 4.78 is 11.2. The Morgan fingerprint density at radius 3 is 2.43 bits per heavy atom. The fourth-order valence-corrected chi connectivity index (χ4v) is 2.35. The first kappa shape index (κ1) is 15.4. The molecule has 0 aliphatic heterocycles. The first-order valence-electron chi connectivity index (χ1n) is 7.14. The molecule has 0 amide bonds. The van der Waals surface area contributed by atoms with Crippen molar-refractivity contribution in [3.05, 3.63) is 59.7 Å². The Hall–Kier alpha value is -2.00. The molecule has 0 fully saturated rings. The molecule has 3 nitrogen and oxygen atoms in total. The van der Waals surface area contributed by atoms with Gasteiger partial charge >= 0.3 is 0 Å². The zero-order chi connectivity index (χ0) is 15.5. The summed E-state index contributed by atoms with van der Waals surface area (Å²) in [5.41, 5.74) is 7.92. The van der Waals surface area contributed by atoms with Crippen LogP contribution in [-0.4, -0.2) is 13.2 Å². The van der Waals surface area contributed by atoms with Gasteiger partial charge in [-0.25, -0.2) is 0 Å². The molecular formula is C18H23NO2. The van der Waals surface area contributed by atoms with Gasteiger partial charge in [0, 0.05) is 5.56 Å². The molecule has 0 aliphatic rings. The van der Waals surface area contributed by atoms with Gasteiger partial charge < -0.3 is 15.2 Å². The molecule has 0 spiro atoms. The van der Waals surface area contributed by atoms with Crippen LogP contribution in [0.1, 0.15) is 31.9 Å². The van der Waals surface area contributed by atoms with Crippen LogP contribution in [0.5, 0.6) is 11.5 Å². The molecule has 2 rings (SSSR count). The van der Waals surface area contributed by atoms with Crippen LogP contribution in [0.3, 0.4) is 0 Å². The Bertz CT molecular complexity index is 606. The molecule has 112 valence electrons. The van der Waals surface area contributed by atoms with Crippen LogP contribution in [0, 0.1) is 0 Å². The summed E-state index contributed by atoms with van der Waals surface area (Å²) in [4.78, 5) is 0. The monoisotopic (exact) mass is 285 g/mol. The zero-order valence-electron chi connectivity index (χ0n) is 13.1. The predicted octanol–water partition coefficient (Wildman–Crippen LogP) is 3.70. The second kappa shape index (κ2) is 6.19. The average Bonchev–Trinajstić information content (AvgIpc) is 2.47. The number of para-hydroxylation sites is 1. The Kier molecular flexibility index (Phi) is 4.53. The lowest BCUT2D eigenvalue weighted by Gasteiger charge is -2.29. The third-order valence-electron chi connectivity index (χ3n) is 3.48. The van der Waals surface area contributed by atoms with Crippen LogP contribution in [0.2, 0.25) is 0 Å². The first-order valence-corrected chi connectivity index (χ1v) is 7.14. The fraction of sp³-hybridized carbons (Fsp3) is 0.333. The van der Waals surface area contributed by atoms with E-state index in [0.29, 0.717) is 0 Å². The van der Waals surface area contributed by atoms with E-state index in [4.69, 9.17) is 15.2 Å². The predicted molar refractivity (Wildman–Crippen MR) is 85.8 cm³/mol. The average molecular weight is 285 g/mol. The Morgan fingerprint density at radius 2 is 1.76 bits per heavy atom. The molecule has 0 saturated heterocycles. The van der Waals surface area contributed by atoms with Gasteiger partial charge in [-0.1, -0.05) is 30.3 Å². The van der Waals surface area contributed by atoms with Crippen molar-refractivity contribution in [2.24, 2.45) is 5.73 Å². The molecule has 0 heterocycles. The second-order valence-corrected chi connectivity index (χ2v) is 5.60. The maximum atomic E-state index is 6.62. The number of methoxy groups -OCH3 is 1. The van der Waals surface area contributed by atoms with E-state index in [1.807, 2.05) is 69.3 Å². The highest BCUT2D eigenvalue weighted by atomic mass is 16.5. The number of rotatable bonds is 5. The lowest BCUT2D eigenvalue weighted by Crippen LogP contribution is -2.35. The smallest absolute Gasteiger partial charge is 0.125 e. The Labute approximate surface area is 126 Å². The number of ether oxygens (including phenoxy) is 2. The summed E-state index contributed by atoms with van der Waals surface area (Å²) in [5.74, 6) is 1.62. The standard InChI is InChI=1S/C18H23NO2/c1-13(2)21-17-11-6-5-10-16(17)18(3,19)14-8-7-9-15(12-14)20-4/h5-13H,19H2,1-4H3. The van der Waals surface area contributed by atoms with Crippen LogP contribution in [0.15, 0.2) is 48.5 Å². The molecule has 0 aliphatic carbocycles. The van der Waals surface area contributed by atoms with Crippen molar-refractivity contribution >= 4 is 0 Å². The van der Waals surface area contributed by atoms with E-state index in [0.717, 1.165) is 22.6 Å². The lowest BCUT2D eigenvalue weighted by molar-refractivity contribution is 0.237. The highest BCUT2D eigenvalue weighted by molar-refractivity contribution is 5.47. The summed E-state index contributed by atoms with van der Waals surface area (Å²) >= 11 is 0. The highest BCUT2D eigenvalue weighted by Crippen LogP contribution is 2.34. The second-order valence-electron chi connectivity index (χ2n) is 5.60. The highest BCUT2D eigenvalue weighted by Gasteiger charge is 2.27. The van der Waals surface area contributed by atoms with E-state index < -0.39 is 5.54 Å². The third kappa shape index (κ3) is 3.37. The fourth-order valence-electron chi connectivity index (χ4n) is 2.35. The van der Waals surface area contributed by atoms with E-state index in [2.05, 4.69) is 0 Å². The third-order valence-corrected chi connectivity index (χ3v) is 3.48. The van der Waals surface area contributed by atoms with E-state index in [9.17, 15) is 0 Å². The van der Waals surface area contributed by atoms with Crippen LogP contribution in [0.4, 0.5) is 0 Å². The molecule has 0 saturated carbocycles. The van der Waals surface area contributed by atoms with E-state index in [1.165, 1.54) is 0 Å². The molecule has 3 heteroatoms. The molecule has 1 unspecified atom stereocenters. The summed E-state index contributed by atoms with van der Waals surface area (Å²) in [5, 5.41) is 0. The van der Waals surface area contributed by atoms with Crippen LogP contribution < -0.4 is 15.2 Å². The number of hydrogen-bond acceptors (Lipinski definition) is 3. The molecule has 0 radical (unpaired) electrons. The largest absolute Gasteiger partial charge is 0.497 e. The number of benzene rings is 2. The molecule has 0 aromatic heterocycles. The number of hydrogen-bond donors (Lipinski definition) is 1. The van der Waals surface area contributed by atoms with E-state index >= 15 is 0 Å². The van der Waals surface area contributed by atoms with Gasteiger partial charge in [0.1, 0.15) is 11.5 Å². The van der Waals surface area contributed by atoms with E-state index in [-0.39, 0.29) is 6.10 Å². The van der Waals surface area contributed by atoms with Gasteiger partial charge in [0.05, 0.1) is 18.8 Å². The summed E-state index contributed by atoms with van der Waals surface area (Å²) in [7, 11) is 1.66. The molecule has 21 heavy (non-hydrogen) atoms.